The molecule has 1 saturated heterocycles. The summed E-state index contributed by atoms with van der Waals surface area (Å²) in [6.45, 7) is 5.60. The van der Waals surface area contributed by atoms with Gasteiger partial charge in [-0.15, -0.1) is 6.58 Å². The monoisotopic (exact) mass is 205 g/mol. The molecule has 5 heteroatoms. The first-order valence-electron chi connectivity index (χ1n) is 4.40. The highest BCUT2D eigenvalue weighted by Crippen LogP contribution is 2.30. The third-order valence-electron chi connectivity index (χ3n) is 2.08. The molecule has 1 heterocycles. The Hall–Kier alpha value is -0.970. The lowest BCUT2D eigenvalue weighted by Gasteiger charge is -2.12. The molecule has 1 N–H and O–H groups in total. The molecule has 1 fully saturated rings. The van der Waals surface area contributed by atoms with Crippen LogP contribution in [0.4, 0.5) is 8.78 Å². The Morgan fingerprint density at radius 1 is 1.86 bits per heavy atom. The van der Waals surface area contributed by atoms with Gasteiger partial charge in [0.15, 0.2) is 0 Å². The van der Waals surface area contributed by atoms with E-state index in [2.05, 4.69) is 16.6 Å². The molecule has 0 amide bonds. The third-order valence-corrected chi connectivity index (χ3v) is 2.08. The van der Waals surface area contributed by atoms with Gasteiger partial charge in [-0.2, -0.15) is 8.78 Å². The lowest BCUT2D eigenvalue weighted by Crippen LogP contribution is -2.32. The van der Waals surface area contributed by atoms with Crippen molar-refractivity contribution in [2.45, 2.75) is 31.4 Å². The molecule has 2 unspecified atom stereocenters. The molecule has 0 saturated carbocycles. The van der Waals surface area contributed by atoms with E-state index in [9.17, 15) is 13.6 Å². The minimum absolute atomic E-state index is 0.0166. The molecule has 1 rings (SSSR count). The van der Waals surface area contributed by atoms with Crippen LogP contribution in [0.15, 0.2) is 12.7 Å². The average Bonchev–Trinajstić information content (AvgIpc) is 2.37. The molecule has 0 radical (unpaired) electrons. The fourth-order valence-electron chi connectivity index (χ4n) is 1.16. The van der Waals surface area contributed by atoms with E-state index in [1.807, 2.05) is 6.92 Å². The molecule has 1 aliphatic rings. The van der Waals surface area contributed by atoms with Crippen LogP contribution in [0.25, 0.3) is 0 Å². The first-order chi connectivity index (χ1) is 6.45. The summed E-state index contributed by atoms with van der Waals surface area (Å²) in [5.41, 5.74) is 0. The second-order valence-electron chi connectivity index (χ2n) is 3.37. The number of hydrogen-bond acceptors (Lipinski definition) is 3. The van der Waals surface area contributed by atoms with Crippen molar-refractivity contribution in [1.29, 1.82) is 0 Å². The van der Waals surface area contributed by atoms with Crippen LogP contribution >= 0.6 is 0 Å². The molecule has 0 aromatic heterocycles. The lowest BCUT2D eigenvalue weighted by atomic mass is 10.2. The van der Waals surface area contributed by atoms with Gasteiger partial charge in [-0.1, -0.05) is 6.08 Å². The highest BCUT2D eigenvalue weighted by atomic mass is 19.3. The van der Waals surface area contributed by atoms with E-state index in [1.54, 1.807) is 6.08 Å². The normalized spacial score (nSPS) is 27.1. The van der Waals surface area contributed by atoms with Gasteiger partial charge in [-0.3, -0.25) is 0 Å². The number of esters is 1. The number of nitrogens with one attached hydrogen (secondary N) is 1. The van der Waals surface area contributed by atoms with E-state index in [0.29, 0.717) is 0 Å². The zero-order valence-electron chi connectivity index (χ0n) is 7.93. The lowest BCUT2D eigenvalue weighted by molar-refractivity contribution is -0.159. The molecule has 0 aromatic carbocycles. The van der Waals surface area contributed by atoms with E-state index in [4.69, 9.17) is 0 Å². The molecule has 14 heavy (non-hydrogen) atoms. The van der Waals surface area contributed by atoms with Gasteiger partial charge in [0.2, 0.25) is 0 Å². The largest absolute Gasteiger partial charge is 0.456 e. The summed E-state index contributed by atoms with van der Waals surface area (Å²) in [4.78, 5) is 10.6. The highest BCUT2D eigenvalue weighted by molar-refractivity contribution is 5.79. The van der Waals surface area contributed by atoms with Crippen molar-refractivity contribution >= 4 is 5.97 Å². The molecule has 0 bridgehead atoms. The standard InChI is InChI=1S/C9H13F2NO2/c1-3-6(2)12-5-7-4-9(10,11)8(13)14-7/h3,6-7,12H,1,4-5H2,2H3. The van der Waals surface area contributed by atoms with E-state index < -0.39 is 24.4 Å². The molecule has 3 nitrogen and oxygen atoms in total. The maximum Gasteiger partial charge on any atom is 0.377 e. The van der Waals surface area contributed by atoms with Crippen molar-refractivity contribution in [2.24, 2.45) is 0 Å². The maximum absolute atomic E-state index is 12.7. The number of hydrogen-bond donors (Lipinski definition) is 1. The van der Waals surface area contributed by atoms with Crippen molar-refractivity contribution in [3.63, 3.8) is 0 Å². The van der Waals surface area contributed by atoms with Crippen LogP contribution in [0, 0.1) is 0 Å². The summed E-state index contributed by atoms with van der Waals surface area (Å²) < 4.78 is 29.8. The Bertz CT molecular complexity index is 243. The molecule has 80 valence electrons. The SMILES string of the molecule is C=CC(C)NCC1CC(F)(F)C(=O)O1. The van der Waals surface area contributed by atoms with E-state index in [1.165, 1.54) is 0 Å². The topological polar surface area (TPSA) is 38.3 Å². The Kier molecular flexibility index (Phi) is 3.21. The van der Waals surface area contributed by atoms with Gasteiger partial charge in [0.25, 0.3) is 0 Å². The molecule has 1 aliphatic heterocycles. The van der Waals surface area contributed by atoms with Crippen LogP contribution in [0.1, 0.15) is 13.3 Å². The Labute approximate surface area is 81.1 Å². The third kappa shape index (κ3) is 2.51. The smallest absolute Gasteiger partial charge is 0.377 e. The van der Waals surface area contributed by atoms with E-state index >= 15 is 0 Å². The Morgan fingerprint density at radius 2 is 2.50 bits per heavy atom. The summed E-state index contributed by atoms with van der Waals surface area (Å²) in [5, 5.41) is 2.90. The molecule has 0 spiro atoms. The molecular weight excluding hydrogens is 192 g/mol. The second-order valence-corrected chi connectivity index (χ2v) is 3.37. The van der Waals surface area contributed by atoms with Gasteiger partial charge in [-0.05, 0) is 6.92 Å². The minimum atomic E-state index is -3.32. The predicted molar refractivity (Wildman–Crippen MR) is 47.1 cm³/mol. The number of ether oxygens (including phenoxy) is 1. The number of alkyl halides is 2. The summed E-state index contributed by atoms with van der Waals surface area (Å²) >= 11 is 0. The van der Waals surface area contributed by atoms with Gasteiger partial charge in [0.1, 0.15) is 6.10 Å². The zero-order valence-corrected chi connectivity index (χ0v) is 7.93. The number of carbonyl (C=O) groups excluding carboxylic acids is 1. The van der Waals surface area contributed by atoms with E-state index in [-0.39, 0.29) is 12.6 Å². The molecule has 0 aromatic rings. The summed E-state index contributed by atoms with van der Waals surface area (Å²) in [6.07, 6.45) is 0.373. The van der Waals surface area contributed by atoms with Crippen molar-refractivity contribution < 1.29 is 18.3 Å². The zero-order chi connectivity index (χ0) is 10.8. The molecule has 0 aliphatic carbocycles. The van der Waals surface area contributed by atoms with Gasteiger partial charge in [-0.25, -0.2) is 4.79 Å². The quantitative estimate of drug-likeness (QED) is 0.551. The van der Waals surface area contributed by atoms with Crippen LogP contribution in [0.2, 0.25) is 0 Å². The van der Waals surface area contributed by atoms with Gasteiger partial charge in [0, 0.05) is 12.6 Å². The number of cyclic esters (lactones) is 1. The summed E-state index contributed by atoms with van der Waals surface area (Å²) in [7, 11) is 0. The fourth-order valence-corrected chi connectivity index (χ4v) is 1.16. The van der Waals surface area contributed by atoms with Crippen molar-refractivity contribution in [3.05, 3.63) is 12.7 Å². The van der Waals surface area contributed by atoms with Crippen molar-refractivity contribution in [3.8, 4) is 0 Å². The molecule has 2 atom stereocenters. The van der Waals surface area contributed by atoms with Crippen LogP contribution in [-0.2, 0) is 9.53 Å². The number of rotatable bonds is 4. The average molecular weight is 205 g/mol. The summed E-state index contributed by atoms with van der Waals surface area (Å²) in [5.74, 6) is -4.74. The van der Waals surface area contributed by atoms with E-state index in [0.717, 1.165) is 0 Å². The Morgan fingerprint density at radius 3 is 2.93 bits per heavy atom. The van der Waals surface area contributed by atoms with Crippen molar-refractivity contribution in [2.75, 3.05) is 6.54 Å². The minimum Gasteiger partial charge on any atom is -0.456 e. The van der Waals surface area contributed by atoms with Crippen LogP contribution in [-0.4, -0.2) is 30.6 Å². The molecular formula is C9H13F2NO2. The Balaban J connectivity index is 2.36. The van der Waals surface area contributed by atoms with Crippen LogP contribution in [0.5, 0.6) is 0 Å². The van der Waals surface area contributed by atoms with Gasteiger partial charge in [0.05, 0.1) is 6.42 Å². The fraction of sp³-hybridized carbons (Fsp3) is 0.667. The second kappa shape index (κ2) is 4.04. The first-order valence-corrected chi connectivity index (χ1v) is 4.40. The van der Waals surface area contributed by atoms with Crippen molar-refractivity contribution in [1.82, 2.24) is 5.32 Å². The van der Waals surface area contributed by atoms with Crippen LogP contribution in [0.3, 0.4) is 0 Å². The highest BCUT2D eigenvalue weighted by Gasteiger charge is 2.50. The van der Waals surface area contributed by atoms with Gasteiger partial charge >= 0.3 is 11.9 Å². The first kappa shape index (κ1) is 11.1. The van der Waals surface area contributed by atoms with Gasteiger partial charge < -0.3 is 10.1 Å². The summed E-state index contributed by atoms with van der Waals surface area (Å²) in [6, 6.07) is 0.0166. The number of halogens is 2. The predicted octanol–water partition coefficient (Wildman–Crippen LogP) is 1.10. The maximum atomic E-state index is 12.7. The number of carbonyl (C=O) groups is 1. The van der Waals surface area contributed by atoms with Crippen LogP contribution < -0.4 is 5.32 Å².